The number of hydrogen-bond donors (Lipinski definition) is 0. The van der Waals surface area contributed by atoms with E-state index in [-0.39, 0.29) is 28.2 Å². The minimum absolute atomic E-state index is 0.0434. The molecule has 0 amide bonds. The first-order valence-corrected chi connectivity index (χ1v) is 6.38. The first-order valence-electron chi connectivity index (χ1n) is 5.26. The van der Waals surface area contributed by atoms with Crippen LogP contribution in [0, 0.1) is 0 Å². The lowest BCUT2D eigenvalue weighted by molar-refractivity contribution is 0.101. The first-order chi connectivity index (χ1) is 9.51. The van der Waals surface area contributed by atoms with Crippen LogP contribution in [0.5, 0.6) is 11.5 Å². The summed E-state index contributed by atoms with van der Waals surface area (Å²) in [5.74, 6) is -0.335. The second-order valence-corrected chi connectivity index (χ2v) is 3.89. The van der Waals surface area contributed by atoms with Crippen LogP contribution in [0.25, 0.3) is 0 Å². The third-order valence-electron chi connectivity index (χ3n) is 2.10. The van der Waals surface area contributed by atoms with Crippen molar-refractivity contribution in [3.8, 4) is 11.5 Å². The largest absolute Gasteiger partial charge is 0.513 e. The van der Waals surface area contributed by atoms with Gasteiger partial charge in [-0.3, -0.25) is 4.79 Å². The predicted molar refractivity (Wildman–Crippen MR) is 70.6 cm³/mol. The first kappa shape index (κ1) is 16.0. The summed E-state index contributed by atoms with van der Waals surface area (Å²) >= 11 is 3.01. The van der Waals surface area contributed by atoms with Gasteiger partial charge in [0, 0.05) is 6.07 Å². The third kappa shape index (κ3) is 4.23. The minimum atomic E-state index is -0.996. The summed E-state index contributed by atoms with van der Waals surface area (Å²) in [6.07, 6.45) is -1.93. The summed E-state index contributed by atoms with van der Waals surface area (Å²) in [4.78, 5) is 33.8. The van der Waals surface area contributed by atoms with Gasteiger partial charge < -0.3 is 18.9 Å². The van der Waals surface area contributed by atoms with E-state index in [1.54, 1.807) is 0 Å². The van der Waals surface area contributed by atoms with Crippen molar-refractivity contribution in [3.63, 3.8) is 0 Å². The van der Waals surface area contributed by atoms with Crippen LogP contribution in [-0.2, 0) is 9.47 Å². The van der Waals surface area contributed by atoms with E-state index >= 15 is 0 Å². The standard InChI is InChI=1S/C12H11BrO7/c1-17-11(15)19-7-3-4-8(9(14)6-13)10(5-7)20-12(16)18-2/h3-5H,6H2,1-2H3. The van der Waals surface area contributed by atoms with Gasteiger partial charge in [-0.05, 0) is 12.1 Å². The summed E-state index contributed by atoms with van der Waals surface area (Å²) < 4.78 is 18.3. The fraction of sp³-hybridized carbons (Fsp3) is 0.250. The van der Waals surface area contributed by atoms with Crippen molar-refractivity contribution in [2.45, 2.75) is 0 Å². The summed E-state index contributed by atoms with van der Waals surface area (Å²) in [6.45, 7) is 0. The molecule has 0 heterocycles. The van der Waals surface area contributed by atoms with Crippen LogP contribution in [0.4, 0.5) is 9.59 Å². The van der Waals surface area contributed by atoms with Gasteiger partial charge in [0.25, 0.3) is 0 Å². The lowest BCUT2D eigenvalue weighted by Gasteiger charge is -2.09. The molecule has 20 heavy (non-hydrogen) atoms. The van der Waals surface area contributed by atoms with Gasteiger partial charge in [0.05, 0.1) is 25.1 Å². The second-order valence-electron chi connectivity index (χ2n) is 3.33. The van der Waals surface area contributed by atoms with Crippen molar-refractivity contribution in [2.75, 3.05) is 19.5 Å². The number of ketones is 1. The number of halogens is 1. The fourth-order valence-corrected chi connectivity index (χ4v) is 1.52. The third-order valence-corrected chi connectivity index (χ3v) is 2.61. The lowest BCUT2D eigenvalue weighted by Crippen LogP contribution is -2.13. The summed E-state index contributed by atoms with van der Waals surface area (Å²) in [5, 5.41) is 0.0434. The molecule has 0 bridgehead atoms. The van der Waals surface area contributed by atoms with E-state index < -0.39 is 12.3 Å². The summed E-state index contributed by atoms with van der Waals surface area (Å²) in [5.41, 5.74) is 0.143. The summed E-state index contributed by atoms with van der Waals surface area (Å²) in [7, 11) is 2.28. The van der Waals surface area contributed by atoms with E-state index in [2.05, 4.69) is 25.4 Å². The number of alkyl halides is 1. The molecule has 0 unspecified atom stereocenters. The molecule has 0 saturated heterocycles. The van der Waals surface area contributed by atoms with Crippen LogP contribution >= 0.6 is 15.9 Å². The molecule has 0 radical (unpaired) electrons. The van der Waals surface area contributed by atoms with Gasteiger partial charge in [-0.15, -0.1) is 0 Å². The Balaban J connectivity index is 3.10. The van der Waals surface area contributed by atoms with Crippen molar-refractivity contribution >= 4 is 34.0 Å². The molecule has 8 heteroatoms. The highest BCUT2D eigenvalue weighted by atomic mass is 79.9. The minimum Gasteiger partial charge on any atom is -0.437 e. The molecule has 108 valence electrons. The second kappa shape index (κ2) is 7.49. The molecule has 0 aliphatic heterocycles. The molecular formula is C12H11BrO7. The van der Waals surface area contributed by atoms with Crippen molar-refractivity contribution in [1.29, 1.82) is 0 Å². The highest BCUT2D eigenvalue weighted by Crippen LogP contribution is 2.26. The number of hydrogen-bond acceptors (Lipinski definition) is 7. The van der Waals surface area contributed by atoms with Crippen molar-refractivity contribution < 1.29 is 33.3 Å². The van der Waals surface area contributed by atoms with Crippen molar-refractivity contribution in [2.24, 2.45) is 0 Å². The van der Waals surface area contributed by atoms with Gasteiger partial charge in [0.1, 0.15) is 11.5 Å². The van der Waals surface area contributed by atoms with Crippen LogP contribution < -0.4 is 9.47 Å². The maximum Gasteiger partial charge on any atom is 0.513 e. The van der Waals surface area contributed by atoms with Crippen LogP contribution in [0.15, 0.2) is 18.2 Å². The van der Waals surface area contributed by atoms with Gasteiger partial charge in [0.15, 0.2) is 5.78 Å². The van der Waals surface area contributed by atoms with Crippen LogP contribution in [0.1, 0.15) is 10.4 Å². The number of carbonyl (C=O) groups excluding carboxylic acids is 3. The highest BCUT2D eigenvalue weighted by Gasteiger charge is 2.17. The molecule has 0 saturated carbocycles. The van der Waals surface area contributed by atoms with Gasteiger partial charge in [-0.1, -0.05) is 15.9 Å². The molecule has 1 aromatic carbocycles. The van der Waals surface area contributed by atoms with Crippen LogP contribution in [0.2, 0.25) is 0 Å². The molecule has 0 aromatic heterocycles. The molecule has 0 spiro atoms. The Bertz CT molecular complexity index is 527. The van der Waals surface area contributed by atoms with Gasteiger partial charge in [0.2, 0.25) is 0 Å². The zero-order chi connectivity index (χ0) is 15.1. The molecule has 1 aromatic rings. The molecular weight excluding hydrogens is 336 g/mol. The number of benzene rings is 1. The smallest absolute Gasteiger partial charge is 0.437 e. The Hall–Kier alpha value is -2.09. The van der Waals surface area contributed by atoms with E-state index in [0.717, 1.165) is 14.2 Å². The number of ether oxygens (including phenoxy) is 4. The van der Waals surface area contributed by atoms with Gasteiger partial charge in [-0.2, -0.15) is 0 Å². The fourth-order valence-electron chi connectivity index (χ4n) is 1.22. The molecule has 0 aliphatic rings. The van der Waals surface area contributed by atoms with Crippen LogP contribution in [-0.4, -0.2) is 37.6 Å². The zero-order valence-corrected chi connectivity index (χ0v) is 12.3. The number of carbonyl (C=O) groups is 3. The molecule has 0 atom stereocenters. The molecule has 1 rings (SSSR count). The molecule has 0 N–H and O–H groups in total. The lowest BCUT2D eigenvalue weighted by atomic mass is 10.1. The van der Waals surface area contributed by atoms with Crippen molar-refractivity contribution in [3.05, 3.63) is 23.8 Å². The maximum absolute atomic E-state index is 11.7. The monoisotopic (exact) mass is 346 g/mol. The van der Waals surface area contributed by atoms with E-state index in [0.29, 0.717) is 0 Å². The predicted octanol–water partition coefficient (Wildman–Crippen LogP) is 2.55. The van der Waals surface area contributed by atoms with E-state index in [9.17, 15) is 14.4 Å². The van der Waals surface area contributed by atoms with Crippen LogP contribution in [0.3, 0.4) is 0 Å². The summed E-state index contributed by atoms with van der Waals surface area (Å²) in [6, 6.07) is 3.95. The van der Waals surface area contributed by atoms with E-state index in [1.807, 2.05) is 0 Å². The quantitative estimate of drug-likeness (QED) is 0.358. The average molecular weight is 347 g/mol. The highest BCUT2D eigenvalue weighted by molar-refractivity contribution is 9.09. The zero-order valence-electron chi connectivity index (χ0n) is 10.7. The molecule has 7 nitrogen and oxygen atoms in total. The Morgan fingerprint density at radius 1 is 1.05 bits per heavy atom. The number of Topliss-reactive ketones (excluding diaryl/α,β-unsaturated/α-hetero) is 1. The molecule has 0 aliphatic carbocycles. The molecule has 0 fully saturated rings. The normalized spacial score (nSPS) is 9.55. The Labute approximate surface area is 122 Å². The van der Waals surface area contributed by atoms with Gasteiger partial charge >= 0.3 is 12.3 Å². The Morgan fingerprint density at radius 3 is 2.20 bits per heavy atom. The SMILES string of the molecule is COC(=O)Oc1ccc(C(=O)CBr)c(OC(=O)OC)c1. The van der Waals surface area contributed by atoms with Gasteiger partial charge in [-0.25, -0.2) is 9.59 Å². The van der Waals surface area contributed by atoms with Crippen molar-refractivity contribution in [1.82, 2.24) is 0 Å². The Kier molecular flexibility index (Phi) is 5.98. The Morgan fingerprint density at radius 2 is 1.65 bits per heavy atom. The number of methoxy groups -OCH3 is 2. The average Bonchev–Trinajstić information content (AvgIpc) is 2.46. The van der Waals surface area contributed by atoms with E-state index in [1.165, 1.54) is 18.2 Å². The number of rotatable bonds is 4. The topological polar surface area (TPSA) is 88.1 Å². The maximum atomic E-state index is 11.7. The van der Waals surface area contributed by atoms with E-state index in [4.69, 9.17) is 9.47 Å².